The molecule has 3 N–H and O–H groups in total. The molecule has 0 saturated carbocycles. The van der Waals surface area contributed by atoms with Crippen LogP contribution in [0.5, 0.6) is 0 Å². The molecule has 2 heterocycles. The Morgan fingerprint density at radius 3 is 2.63 bits per heavy atom. The quantitative estimate of drug-likeness (QED) is 0.665. The van der Waals surface area contributed by atoms with Crippen molar-refractivity contribution in [1.82, 2.24) is 9.55 Å². The number of carbonyl (C=O) groups is 2. The van der Waals surface area contributed by atoms with E-state index in [0.29, 0.717) is 0 Å². The molecule has 0 fully saturated rings. The lowest BCUT2D eigenvalue weighted by molar-refractivity contribution is -0.137. The van der Waals surface area contributed by atoms with E-state index in [1.807, 2.05) is 0 Å². The van der Waals surface area contributed by atoms with Crippen LogP contribution in [0.3, 0.4) is 0 Å². The summed E-state index contributed by atoms with van der Waals surface area (Å²) in [7, 11) is 1.39. The molecule has 0 radical (unpaired) electrons. The molecule has 1 aromatic carbocycles. The normalized spacial score (nSPS) is 16.0. The summed E-state index contributed by atoms with van der Waals surface area (Å²) in [6, 6.07) is 4.34. The second kappa shape index (κ2) is 8.14. The van der Waals surface area contributed by atoms with Crippen molar-refractivity contribution in [2.24, 2.45) is 0 Å². The second-order valence-corrected chi connectivity index (χ2v) is 6.50. The van der Waals surface area contributed by atoms with Crippen LogP contribution in [0.1, 0.15) is 23.5 Å². The Bertz CT molecular complexity index is 1110. The monoisotopic (exact) mass is 426 g/mol. The maximum Gasteiger partial charge on any atom is 0.418 e. The molecular weight excluding hydrogens is 409 g/mol. The van der Waals surface area contributed by atoms with Gasteiger partial charge in [-0.1, -0.05) is 12.1 Å². The first kappa shape index (κ1) is 21.3. The molecule has 0 aliphatic carbocycles. The van der Waals surface area contributed by atoms with Gasteiger partial charge in [-0.3, -0.25) is 23.9 Å². The van der Waals surface area contributed by atoms with Crippen molar-refractivity contribution in [3.63, 3.8) is 0 Å². The SMILES string of the molecule is COCCn1c2c(c(=O)[nH]c1=O)[C@@H](C(=O)Nc1ccccc1C(F)(F)F)CC(=O)N2. The Morgan fingerprint density at radius 1 is 1.27 bits per heavy atom. The van der Waals surface area contributed by atoms with Crippen LogP contribution < -0.4 is 21.9 Å². The number of H-pyrrole nitrogens is 1. The van der Waals surface area contributed by atoms with Gasteiger partial charge < -0.3 is 15.4 Å². The summed E-state index contributed by atoms with van der Waals surface area (Å²) >= 11 is 0. The van der Waals surface area contributed by atoms with E-state index in [4.69, 9.17) is 4.74 Å². The molecule has 0 spiro atoms. The number of hydrogen-bond acceptors (Lipinski definition) is 5. The van der Waals surface area contributed by atoms with Gasteiger partial charge >= 0.3 is 11.9 Å². The van der Waals surface area contributed by atoms with Crippen LogP contribution >= 0.6 is 0 Å². The minimum atomic E-state index is -4.72. The molecule has 160 valence electrons. The average Bonchev–Trinajstić information content (AvgIpc) is 2.66. The highest BCUT2D eigenvalue weighted by Gasteiger charge is 2.38. The zero-order valence-corrected chi connectivity index (χ0v) is 15.6. The molecule has 12 heteroatoms. The standard InChI is InChI=1S/C18H17F3N4O5/c1-30-7-6-25-14-13(16(28)24-17(25)29)9(8-12(26)23-14)15(27)22-11-5-3-2-4-10(11)18(19,20)21/h2-5,9H,6-8H2,1H3,(H,22,27)(H,23,26)(H,24,28,29)/t9-/m0/s1. The van der Waals surface area contributed by atoms with E-state index in [0.717, 1.165) is 16.7 Å². The molecule has 30 heavy (non-hydrogen) atoms. The summed E-state index contributed by atoms with van der Waals surface area (Å²) in [6.07, 6.45) is -5.19. The molecule has 1 atom stereocenters. The summed E-state index contributed by atoms with van der Waals surface area (Å²) in [5, 5.41) is 4.54. The van der Waals surface area contributed by atoms with Gasteiger partial charge in [0.1, 0.15) is 5.82 Å². The summed E-state index contributed by atoms with van der Waals surface area (Å²) in [5.74, 6) is -3.22. The van der Waals surface area contributed by atoms with Crippen molar-refractivity contribution in [3.8, 4) is 0 Å². The molecule has 2 aromatic rings. The molecule has 9 nitrogen and oxygen atoms in total. The first-order chi connectivity index (χ1) is 14.1. The molecule has 3 rings (SSSR count). The van der Waals surface area contributed by atoms with E-state index < -0.39 is 52.8 Å². The number of fused-ring (bicyclic) bond motifs is 1. The zero-order chi connectivity index (χ0) is 22.1. The largest absolute Gasteiger partial charge is 0.418 e. The van der Waals surface area contributed by atoms with Crippen molar-refractivity contribution >= 4 is 23.3 Å². The minimum Gasteiger partial charge on any atom is -0.383 e. The third kappa shape index (κ3) is 4.13. The highest BCUT2D eigenvalue weighted by atomic mass is 19.4. The van der Waals surface area contributed by atoms with Gasteiger partial charge in [0.05, 0.1) is 35.9 Å². The highest BCUT2D eigenvalue weighted by Crippen LogP contribution is 2.36. The van der Waals surface area contributed by atoms with Crippen molar-refractivity contribution < 1.29 is 27.5 Å². The van der Waals surface area contributed by atoms with Crippen LogP contribution in [0.4, 0.5) is 24.7 Å². The summed E-state index contributed by atoms with van der Waals surface area (Å²) < 4.78 is 45.5. The smallest absolute Gasteiger partial charge is 0.383 e. The third-order valence-electron chi connectivity index (χ3n) is 4.56. The fourth-order valence-corrected chi connectivity index (χ4v) is 3.19. The first-order valence-corrected chi connectivity index (χ1v) is 8.76. The van der Waals surface area contributed by atoms with E-state index in [1.54, 1.807) is 0 Å². The predicted octanol–water partition coefficient (Wildman–Crippen LogP) is 1.27. The van der Waals surface area contributed by atoms with Crippen molar-refractivity contribution in [2.45, 2.75) is 25.1 Å². The molecule has 1 aliphatic heterocycles. The van der Waals surface area contributed by atoms with Gasteiger partial charge in [0.2, 0.25) is 11.8 Å². The van der Waals surface area contributed by atoms with Gasteiger partial charge in [-0.2, -0.15) is 13.2 Å². The molecule has 1 aromatic heterocycles. The van der Waals surface area contributed by atoms with Gasteiger partial charge in [0, 0.05) is 13.5 Å². The topological polar surface area (TPSA) is 122 Å². The van der Waals surface area contributed by atoms with Gasteiger partial charge in [-0.15, -0.1) is 0 Å². The number of nitrogens with zero attached hydrogens (tertiary/aromatic N) is 1. The maximum atomic E-state index is 13.2. The van der Waals surface area contributed by atoms with Gasteiger partial charge in [-0.25, -0.2) is 4.79 Å². The minimum absolute atomic E-state index is 0.0278. The van der Waals surface area contributed by atoms with Crippen molar-refractivity contribution in [1.29, 1.82) is 0 Å². The fourth-order valence-electron chi connectivity index (χ4n) is 3.19. The Labute approximate surface area is 166 Å². The number of benzene rings is 1. The third-order valence-corrected chi connectivity index (χ3v) is 4.56. The Kier molecular flexibility index (Phi) is 5.78. The maximum absolute atomic E-state index is 13.2. The highest BCUT2D eigenvalue weighted by molar-refractivity contribution is 6.04. The van der Waals surface area contributed by atoms with Crippen LogP contribution in [0.2, 0.25) is 0 Å². The number of amides is 2. The average molecular weight is 426 g/mol. The number of hydrogen-bond donors (Lipinski definition) is 3. The molecule has 0 unspecified atom stereocenters. The number of para-hydroxylation sites is 1. The number of anilines is 2. The Hall–Kier alpha value is -3.41. The lowest BCUT2D eigenvalue weighted by atomic mass is 9.92. The Balaban J connectivity index is 2.04. The van der Waals surface area contributed by atoms with E-state index >= 15 is 0 Å². The fraction of sp³-hybridized carbons (Fsp3) is 0.333. The molecular formula is C18H17F3N4O5. The van der Waals surface area contributed by atoms with E-state index in [2.05, 4.69) is 15.6 Å². The van der Waals surface area contributed by atoms with Crippen molar-refractivity contribution in [2.75, 3.05) is 24.4 Å². The van der Waals surface area contributed by atoms with Crippen LogP contribution in [0.25, 0.3) is 0 Å². The van der Waals surface area contributed by atoms with Crippen LogP contribution in [-0.2, 0) is 27.0 Å². The summed E-state index contributed by atoms with van der Waals surface area (Å²) in [5.41, 5.74) is -3.52. The number of nitrogens with one attached hydrogen (secondary N) is 3. The lowest BCUT2D eigenvalue weighted by Gasteiger charge is -2.26. The van der Waals surface area contributed by atoms with Crippen LogP contribution in [-0.4, -0.2) is 35.1 Å². The van der Waals surface area contributed by atoms with Gasteiger partial charge in [0.15, 0.2) is 0 Å². The van der Waals surface area contributed by atoms with E-state index in [1.165, 1.54) is 19.2 Å². The predicted molar refractivity (Wildman–Crippen MR) is 99.3 cm³/mol. The number of rotatable bonds is 5. The number of carbonyl (C=O) groups excluding carboxylic acids is 2. The number of methoxy groups -OCH3 is 1. The second-order valence-electron chi connectivity index (χ2n) is 6.50. The number of aromatic amines is 1. The lowest BCUT2D eigenvalue weighted by Crippen LogP contribution is -2.43. The molecule has 2 amide bonds. The summed E-state index contributed by atoms with van der Waals surface area (Å²) in [4.78, 5) is 51.5. The van der Waals surface area contributed by atoms with Crippen LogP contribution in [0, 0.1) is 0 Å². The van der Waals surface area contributed by atoms with E-state index in [-0.39, 0.29) is 24.5 Å². The number of halogens is 3. The number of ether oxygens (including phenoxy) is 1. The molecule has 0 bridgehead atoms. The van der Waals surface area contributed by atoms with Crippen molar-refractivity contribution in [3.05, 3.63) is 56.2 Å². The van der Waals surface area contributed by atoms with E-state index in [9.17, 15) is 32.3 Å². The zero-order valence-electron chi connectivity index (χ0n) is 15.6. The number of alkyl halides is 3. The summed E-state index contributed by atoms with van der Waals surface area (Å²) in [6.45, 7) is 0.0457. The molecule has 0 saturated heterocycles. The Morgan fingerprint density at radius 2 is 1.97 bits per heavy atom. The van der Waals surface area contributed by atoms with Crippen LogP contribution in [0.15, 0.2) is 33.9 Å². The first-order valence-electron chi connectivity index (χ1n) is 8.76. The van der Waals surface area contributed by atoms with Gasteiger partial charge in [0.25, 0.3) is 5.56 Å². The van der Waals surface area contributed by atoms with Gasteiger partial charge in [-0.05, 0) is 12.1 Å². The number of aromatic nitrogens is 2. The molecule has 1 aliphatic rings.